The molecular weight excluding hydrogens is 468 g/mol. The summed E-state index contributed by atoms with van der Waals surface area (Å²) < 4.78 is 0. The maximum Gasteiger partial charge on any atom is 0.303 e. The number of benzene rings is 1. The van der Waals surface area contributed by atoms with Gasteiger partial charge in [-0.3, -0.25) is 4.79 Å². The molecule has 0 aliphatic carbocycles. The monoisotopic (exact) mass is 532 g/mol. The van der Waals surface area contributed by atoms with Crippen molar-refractivity contribution < 1.29 is 15.0 Å². The number of hydrogen-bond acceptors (Lipinski definition) is 2. The molecule has 0 fully saturated rings. The number of carboxylic acids is 1. The van der Waals surface area contributed by atoms with E-state index in [2.05, 4.69) is 55.4 Å². The zero-order valence-electron chi connectivity index (χ0n) is 26.6. The number of phenols is 1. The van der Waals surface area contributed by atoms with E-state index >= 15 is 0 Å². The Morgan fingerprint density at radius 2 is 1.16 bits per heavy atom. The van der Waals surface area contributed by atoms with E-state index in [0.29, 0.717) is 17.3 Å². The Balaban J connectivity index is 0.000000942. The van der Waals surface area contributed by atoms with Gasteiger partial charge in [0.2, 0.25) is 0 Å². The van der Waals surface area contributed by atoms with E-state index in [9.17, 15) is 4.79 Å². The fraction of sp³-hybridized carbons (Fsp3) is 0.800. The summed E-state index contributed by atoms with van der Waals surface area (Å²) in [4.78, 5) is 10.2. The molecule has 222 valence electrons. The Hall–Kier alpha value is -1.51. The number of phenolic OH excluding ortho intramolecular Hbond substituents is 1. The van der Waals surface area contributed by atoms with Crippen LogP contribution in [0.25, 0.3) is 0 Å². The van der Waals surface area contributed by atoms with Crippen LogP contribution < -0.4 is 0 Å². The maximum absolute atomic E-state index is 10.2. The molecule has 0 aliphatic rings. The molecule has 0 bridgehead atoms. The number of aryl methyl sites for hydroxylation is 1. The zero-order chi connectivity index (χ0) is 29.0. The normalized spacial score (nSPS) is 13.5. The molecule has 2 atom stereocenters. The molecule has 0 aromatic heterocycles. The molecule has 1 aromatic rings. The molecular formula is C35H64O3. The quantitative estimate of drug-likeness (QED) is 0.185. The smallest absolute Gasteiger partial charge is 0.303 e. The molecule has 1 rings (SSSR count). The van der Waals surface area contributed by atoms with Gasteiger partial charge in [-0.15, -0.1) is 0 Å². The average molecular weight is 533 g/mol. The molecule has 3 nitrogen and oxygen atoms in total. The summed E-state index contributed by atoms with van der Waals surface area (Å²) in [5.74, 6) is 1.14. The second-order valence-electron chi connectivity index (χ2n) is 13.7. The van der Waals surface area contributed by atoms with Crippen LogP contribution >= 0.6 is 0 Å². The van der Waals surface area contributed by atoms with Gasteiger partial charge >= 0.3 is 5.97 Å². The van der Waals surface area contributed by atoms with Crippen molar-refractivity contribution in [3.05, 3.63) is 29.8 Å². The van der Waals surface area contributed by atoms with Gasteiger partial charge in [0.1, 0.15) is 5.75 Å². The summed E-state index contributed by atoms with van der Waals surface area (Å²) >= 11 is 0. The molecule has 2 N–H and O–H groups in total. The zero-order valence-corrected chi connectivity index (χ0v) is 26.6. The second-order valence-corrected chi connectivity index (χ2v) is 13.7. The van der Waals surface area contributed by atoms with E-state index < -0.39 is 5.97 Å². The van der Waals surface area contributed by atoms with Crippen LogP contribution in [0.15, 0.2) is 24.3 Å². The summed E-state index contributed by atoms with van der Waals surface area (Å²) in [6, 6.07) is 6.55. The number of hydrogen-bond donors (Lipinski definition) is 2. The van der Waals surface area contributed by atoms with Gasteiger partial charge < -0.3 is 10.2 Å². The van der Waals surface area contributed by atoms with Crippen molar-refractivity contribution in [2.45, 2.75) is 158 Å². The van der Waals surface area contributed by atoms with Gasteiger partial charge in [-0.1, -0.05) is 145 Å². The lowest BCUT2D eigenvalue weighted by atomic mass is 9.67. The van der Waals surface area contributed by atoms with Gasteiger partial charge in [0.05, 0.1) is 0 Å². The van der Waals surface area contributed by atoms with Gasteiger partial charge in [0, 0.05) is 6.42 Å². The molecule has 2 unspecified atom stereocenters. The van der Waals surface area contributed by atoms with Crippen LogP contribution in [0, 0.1) is 22.7 Å². The van der Waals surface area contributed by atoms with E-state index in [1.54, 1.807) is 24.3 Å². The van der Waals surface area contributed by atoms with E-state index in [1.807, 2.05) is 0 Å². The van der Waals surface area contributed by atoms with Crippen LogP contribution in [0.5, 0.6) is 5.75 Å². The Morgan fingerprint density at radius 1 is 0.711 bits per heavy atom. The molecule has 0 radical (unpaired) electrons. The maximum atomic E-state index is 10.2. The lowest BCUT2D eigenvalue weighted by molar-refractivity contribution is -0.136. The molecule has 38 heavy (non-hydrogen) atoms. The standard InChI is InChI=1S/C26H54.C9H10O3/c1-9-11-12-13-14-15-16-17-18-19-20-21-24(26(6,7)8)22-23(10-2)25(3,4)5;10-8-4-1-7(2-5-8)3-6-9(11)12/h23-24H,9-22H2,1-8H3;1-2,4-5,10H,3,6H2,(H,11,12). The molecule has 0 saturated carbocycles. The predicted octanol–water partition coefficient (Wildman–Crippen LogP) is 11.2. The summed E-state index contributed by atoms with van der Waals surface area (Å²) in [5, 5.41) is 17.3. The minimum absolute atomic E-state index is 0.130. The van der Waals surface area contributed by atoms with Crippen LogP contribution in [0.4, 0.5) is 0 Å². The van der Waals surface area contributed by atoms with Gasteiger partial charge in [0.25, 0.3) is 0 Å². The number of carbonyl (C=O) groups is 1. The number of rotatable bonds is 18. The Kier molecular flexibility index (Phi) is 19.6. The SMILES string of the molecule is CCCCCCCCCCCCCC(CC(CC)C(C)(C)C)C(C)(C)C.O=C(O)CCc1ccc(O)cc1. The lowest BCUT2D eigenvalue weighted by Crippen LogP contribution is -2.28. The average Bonchev–Trinajstić information content (AvgIpc) is 2.82. The first-order valence-corrected chi connectivity index (χ1v) is 15.8. The number of carboxylic acid groups (broad SMARTS) is 1. The molecule has 0 heterocycles. The third kappa shape index (κ3) is 19.5. The van der Waals surface area contributed by atoms with Crippen molar-refractivity contribution in [2.24, 2.45) is 22.7 Å². The van der Waals surface area contributed by atoms with Crippen molar-refractivity contribution in [3.8, 4) is 5.75 Å². The van der Waals surface area contributed by atoms with Crippen LogP contribution in [0.3, 0.4) is 0 Å². The number of unbranched alkanes of at least 4 members (excludes halogenated alkanes) is 10. The van der Waals surface area contributed by atoms with Crippen molar-refractivity contribution in [2.75, 3.05) is 0 Å². The fourth-order valence-electron chi connectivity index (χ4n) is 5.35. The van der Waals surface area contributed by atoms with E-state index in [-0.39, 0.29) is 12.2 Å². The Morgan fingerprint density at radius 3 is 1.55 bits per heavy atom. The van der Waals surface area contributed by atoms with Crippen LogP contribution in [-0.4, -0.2) is 16.2 Å². The van der Waals surface area contributed by atoms with Crippen molar-refractivity contribution in [1.29, 1.82) is 0 Å². The number of aromatic hydroxyl groups is 1. The molecule has 0 amide bonds. The third-order valence-corrected chi connectivity index (χ3v) is 8.23. The van der Waals surface area contributed by atoms with E-state index in [0.717, 1.165) is 17.4 Å². The van der Waals surface area contributed by atoms with Crippen LogP contribution in [0.1, 0.15) is 157 Å². The summed E-state index contributed by atoms with van der Waals surface area (Å²) in [6.45, 7) is 19.4. The number of aliphatic carboxylic acids is 1. The fourth-order valence-corrected chi connectivity index (χ4v) is 5.35. The van der Waals surface area contributed by atoms with E-state index in [1.165, 1.54) is 89.9 Å². The summed E-state index contributed by atoms with van der Waals surface area (Å²) in [6.07, 6.45) is 20.8. The van der Waals surface area contributed by atoms with Crippen molar-refractivity contribution in [1.82, 2.24) is 0 Å². The minimum Gasteiger partial charge on any atom is -0.508 e. The van der Waals surface area contributed by atoms with E-state index in [4.69, 9.17) is 10.2 Å². The summed E-state index contributed by atoms with van der Waals surface area (Å²) in [7, 11) is 0. The highest BCUT2D eigenvalue weighted by molar-refractivity contribution is 5.67. The topological polar surface area (TPSA) is 57.5 Å². The first kappa shape index (κ1) is 36.5. The first-order chi connectivity index (χ1) is 17.8. The van der Waals surface area contributed by atoms with Crippen LogP contribution in [0.2, 0.25) is 0 Å². The molecule has 1 aromatic carbocycles. The minimum atomic E-state index is -0.803. The van der Waals surface area contributed by atoms with Crippen molar-refractivity contribution >= 4 is 5.97 Å². The third-order valence-electron chi connectivity index (χ3n) is 8.23. The van der Waals surface area contributed by atoms with Gasteiger partial charge in [-0.05, 0) is 59.6 Å². The molecule has 0 aliphatic heterocycles. The summed E-state index contributed by atoms with van der Waals surface area (Å²) in [5.41, 5.74) is 1.84. The highest BCUT2D eigenvalue weighted by atomic mass is 16.4. The second kappa shape index (κ2) is 20.4. The lowest BCUT2D eigenvalue weighted by Gasteiger charge is -2.38. The Bertz CT molecular complexity index is 693. The highest BCUT2D eigenvalue weighted by Gasteiger charge is 2.31. The predicted molar refractivity (Wildman–Crippen MR) is 166 cm³/mol. The molecule has 0 spiro atoms. The van der Waals surface area contributed by atoms with Gasteiger partial charge in [-0.2, -0.15) is 0 Å². The van der Waals surface area contributed by atoms with Gasteiger partial charge in [0.15, 0.2) is 0 Å². The van der Waals surface area contributed by atoms with Gasteiger partial charge in [-0.25, -0.2) is 0 Å². The van der Waals surface area contributed by atoms with Crippen molar-refractivity contribution in [3.63, 3.8) is 0 Å². The van der Waals surface area contributed by atoms with Crippen LogP contribution in [-0.2, 0) is 11.2 Å². The molecule has 3 heteroatoms. The highest BCUT2D eigenvalue weighted by Crippen LogP contribution is 2.41. The first-order valence-electron chi connectivity index (χ1n) is 15.8. The largest absolute Gasteiger partial charge is 0.508 e. The Labute approximate surface area is 237 Å². The molecule has 0 saturated heterocycles.